The van der Waals surface area contributed by atoms with Crippen LogP contribution in [0, 0.1) is 0 Å². The van der Waals surface area contributed by atoms with E-state index in [1.807, 2.05) is 30.3 Å². The summed E-state index contributed by atoms with van der Waals surface area (Å²) in [6, 6.07) is 9.95. The summed E-state index contributed by atoms with van der Waals surface area (Å²) in [5, 5.41) is 0.675. The van der Waals surface area contributed by atoms with E-state index in [9.17, 15) is 4.80 Å². The van der Waals surface area contributed by atoms with Crippen molar-refractivity contribution >= 4 is 13.5 Å². The zero-order valence-electron chi connectivity index (χ0n) is 12.3. The Bertz CT molecular complexity index is 335. The normalized spacial score (nSPS) is 13.1. The van der Waals surface area contributed by atoms with Gasteiger partial charge in [0.1, 0.15) is 0 Å². The van der Waals surface area contributed by atoms with Crippen molar-refractivity contribution in [3.63, 3.8) is 0 Å². The Morgan fingerprint density at radius 3 is 1.47 bits per heavy atom. The van der Waals surface area contributed by atoms with Crippen molar-refractivity contribution in [2.75, 3.05) is 0 Å². The van der Waals surface area contributed by atoms with Gasteiger partial charge in [-0.15, -0.1) is 0 Å². The average Bonchev–Trinajstić information content (AvgIpc) is 2.14. The van der Waals surface area contributed by atoms with Crippen LogP contribution >= 0.6 is 0 Å². The third-order valence-corrected chi connectivity index (χ3v) is 8.66. The van der Waals surface area contributed by atoms with Crippen LogP contribution in [0.2, 0.25) is 10.1 Å². The van der Waals surface area contributed by atoms with Crippen LogP contribution in [0.3, 0.4) is 0 Å². The van der Waals surface area contributed by atoms with E-state index in [0.717, 1.165) is 5.19 Å². The fraction of sp³-hybridized carbons (Fsp3) is 0.571. The Balaban J connectivity index is 0.00000256. The summed E-state index contributed by atoms with van der Waals surface area (Å²) in [4.78, 5) is 13.5. The van der Waals surface area contributed by atoms with Crippen molar-refractivity contribution in [2.24, 2.45) is 0 Å². The molecule has 0 aromatic heterocycles. The fourth-order valence-electron chi connectivity index (χ4n) is 2.66. The number of rotatable bonds is 1. The Morgan fingerprint density at radius 1 is 0.824 bits per heavy atom. The van der Waals surface area contributed by atoms with E-state index in [1.165, 1.54) is 0 Å². The van der Waals surface area contributed by atoms with E-state index < -0.39 is 8.32 Å². The van der Waals surface area contributed by atoms with Crippen molar-refractivity contribution in [2.45, 2.75) is 51.6 Å². The van der Waals surface area contributed by atoms with Gasteiger partial charge < -0.3 is 4.80 Å². The Morgan fingerprint density at radius 2 is 1.18 bits per heavy atom. The largest absolute Gasteiger partial charge is 1.00 e. The molecule has 1 aromatic rings. The number of hydrogen-bond acceptors (Lipinski definition) is 1. The second-order valence-corrected chi connectivity index (χ2v) is 11.5. The van der Waals surface area contributed by atoms with Gasteiger partial charge in [-0.05, 0) is 0 Å². The molecule has 0 saturated carbocycles. The molecule has 3 heteroatoms. The molecule has 0 spiro atoms. The molecule has 1 rings (SSSR count). The van der Waals surface area contributed by atoms with Crippen LogP contribution in [0.15, 0.2) is 30.3 Å². The minimum atomic E-state index is -2.78. The molecule has 0 radical (unpaired) electrons. The maximum atomic E-state index is 13.5. The predicted molar refractivity (Wildman–Crippen MR) is 71.3 cm³/mol. The molecule has 1 nitrogen and oxygen atoms in total. The molecule has 0 atom stereocenters. The van der Waals surface area contributed by atoms with Crippen LogP contribution in [0.5, 0.6) is 0 Å². The van der Waals surface area contributed by atoms with Crippen molar-refractivity contribution in [3.8, 4) is 0 Å². The van der Waals surface area contributed by atoms with Crippen molar-refractivity contribution in [1.29, 1.82) is 0 Å². The molecular weight excluding hydrogens is 235 g/mol. The van der Waals surface area contributed by atoms with Gasteiger partial charge in [0.15, 0.2) is 0 Å². The molecule has 0 saturated heterocycles. The SMILES string of the molecule is CC(C)(C)[Si]([O-])(c1ccccc1)C(C)(C)C.[Na+]. The second kappa shape index (κ2) is 5.58. The van der Waals surface area contributed by atoms with E-state index >= 15 is 0 Å². The van der Waals surface area contributed by atoms with Crippen LogP contribution in [-0.4, -0.2) is 8.32 Å². The molecule has 0 aliphatic heterocycles. The molecule has 0 heterocycles. The molecular formula is C14H23NaOSi. The molecule has 0 unspecified atom stereocenters. The van der Waals surface area contributed by atoms with Gasteiger partial charge in [-0.25, -0.2) is 0 Å². The first-order valence-electron chi connectivity index (χ1n) is 5.86. The van der Waals surface area contributed by atoms with E-state index in [1.54, 1.807) is 0 Å². The monoisotopic (exact) mass is 258 g/mol. The van der Waals surface area contributed by atoms with Crippen LogP contribution in [-0.2, 0) is 0 Å². The molecule has 1 aromatic carbocycles. The van der Waals surface area contributed by atoms with Gasteiger partial charge in [-0.3, -0.25) is 0 Å². The molecule has 0 aliphatic rings. The summed E-state index contributed by atoms with van der Waals surface area (Å²) in [5.41, 5.74) is 0. The standard InChI is InChI=1S/C14H23OSi.Na/c1-13(2,3)16(15,14(4,5)6)12-10-8-7-9-11-12;/h7-11H,1-6H3;/q-1;+1. The van der Waals surface area contributed by atoms with Crippen LogP contribution in [0.4, 0.5) is 0 Å². The zero-order valence-corrected chi connectivity index (χ0v) is 15.3. The van der Waals surface area contributed by atoms with Crippen molar-refractivity contribution in [1.82, 2.24) is 0 Å². The summed E-state index contributed by atoms with van der Waals surface area (Å²) in [6.45, 7) is 12.5. The molecule has 0 aliphatic carbocycles. The average molecular weight is 258 g/mol. The predicted octanol–water partition coefficient (Wildman–Crippen LogP) is -0.196. The van der Waals surface area contributed by atoms with Gasteiger partial charge in [0, 0.05) is 8.32 Å². The van der Waals surface area contributed by atoms with Crippen LogP contribution in [0.1, 0.15) is 41.5 Å². The Kier molecular flexibility index (Phi) is 5.71. The van der Waals surface area contributed by atoms with Gasteiger partial charge in [0.05, 0.1) is 0 Å². The minimum absolute atomic E-state index is 0. The molecule has 17 heavy (non-hydrogen) atoms. The van der Waals surface area contributed by atoms with E-state index in [2.05, 4.69) is 41.5 Å². The summed E-state index contributed by atoms with van der Waals surface area (Å²) >= 11 is 0. The van der Waals surface area contributed by atoms with Gasteiger partial charge >= 0.3 is 29.6 Å². The van der Waals surface area contributed by atoms with Crippen LogP contribution in [0.25, 0.3) is 0 Å². The molecule has 0 amide bonds. The molecule has 0 N–H and O–H groups in total. The minimum Gasteiger partial charge on any atom is -0.854 e. The quantitative estimate of drug-likeness (QED) is 0.640. The Hall–Kier alpha value is 0.397. The third-order valence-electron chi connectivity index (χ3n) is 3.29. The first kappa shape index (κ1) is 17.4. The van der Waals surface area contributed by atoms with Gasteiger partial charge in [0.2, 0.25) is 0 Å². The van der Waals surface area contributed by atoms with Crippen molar-refractivity contribution in [3.05, 3.63) is 30.3 Å². The summed E-state index contributed by atoms with van der Waals surface area (Å²) in [5.74, 6) is 0. The summed E-state index contributed by atoms with van der Waals surface area (Å²) in [6.07, 6.45) is 0. The van der Waals surface area contributed by atoms with Crippen LogP contribution < -0.4 is 39.5 Å². The first-order valence-corrected chi connectivity index (χ1v) is 7.77. The maximum Gasteiger partial charge on any atom is 1.00 e. The third kappa shape index (κ3) is 3.24. The maximum absolute atomic E-state index is 13.5. The van der Waals surface area contributed by atoms with Gasteiger partial charge in [-0.1, -0.05) is 87.1 Å². The number of hydrogen-bond donors (Lipinski definition) is 0. The van der Waals surface area contributed by atoms with E-state index in [-0.39, 0.29) is 39.6 Å². The van der Waals surface area contributed by atoms with E-state index in [0.29, 0.717) is 0 Å². The number of benzene rings is 1. The summed E-state index contributed by atoms with van der Waals surface area (Å²) < 4.78 is 0. The fourth-order valence-corrected chi connectivity index (χ4v) is 7.31. The van der Waals surface area contributed by atoms with Gasteiger partial charge in [-0.2, -0.15) is 0 Å². The molecule has 0 bridgehead atoms. The Labute approximate surface area is 129 Å². The smallest absolute Gasteiger partial charge is 0.854 e. The van der Waals surface area contributed by atoms with Crippen molar-refractivity contribution < 1.29 is 34.4 Å². The molecule has 90 valence electrons. The second-order valence-electron chi connectivity index (χ2n) is 6.55. The topological polar surface area (TPSA) is 23.1 Å². The summed E-state index contributed by atoms with van der Waals surface area (Å²) in [7, 11) is -2.78. The first-order chi connectivity index (χ1) is 7.11. The zero-order chi connectivity index (χ0) is 12.6. The molecule has 0 fully saturated rings. The van der Waals surface area contributed by atoms with Gasteiger partial charge in [0.25, 0.3) is 0 Å². The van der Waals surface area contributed by atoms with E-state index in [4.69, 9.17) is 0 Å².